The smallest absolute Gasteiger partial charge is 0.461 e. The molecule has 3 rings (SSSR count). The van der Waals surface area contributed by atoms with Crippen molar-refractivity contribution in [2.24, 2.45) is 0 Å². The lowest BCUT2D eigenvalue weighted by Gasteiger charge is -2.32. The van der Waals surface area contributed by atoms with E-state index >= 15 is 0 Å². The summed E-state index contributed by atoms with van der Waals surface area (Å²) in [4.78, 5) is 25.0. The first kappa shape index (κ1) is 27.1. The molecule has 0 unspecified atom stereocenters. The van der Waals surface area contributed by atoms with Crippen molar-refractivity contribution in [2.45, 2.75) is 110 Å². The Bertz CT molecular complexity index is 948. The van der Waals surface area contributed by atoms with Gasteiger partial charge in [-0.25, -0.2) is 9.59 Å². The fourth-order valence-corrected chi connectivity index (χ4v) is 3.85. The van der Waals surface area contributed by atoms with Crippen LogP contribution in [0.25, 0.3) is 0 Å². The SMILES string of the molecule is CC(C)(C)OC(=O)N[C@@H](CC#Cc1ccc(B2OC(C)(C)C(C)(C)O2)cc1)C(=O)OC1CCCC1. The van der Waals surface area contributed by atoms with Crippen molar-refractivity contribution in [3.8, 4) is 11.8 Å². The molecule has 1 atom stereocenters. The molecule has 1 heterocycles. The predicted molar refractivity (Wildman–Crippen MR) is 135 cm³/mol. The Balaban J connectivity index is 1.64. The lowest BCUT2D eigenvalue weighted by molar-refractivity contribution is -0.151. The number of hydrogen-bond donors (Lipinski definition) is 1. The van der Waals surface area contributed by atoms with E-state index in [2.05, 4.69) is 17.2 Å². The normalized spacial score (nSPS) is 20.0. The third-order valence-electron chi connectivity index (χ3n) is 6.54. The number of hydrogen-bond acceptors (Lipinski definition) is 6. The van der Waals surface area contributed by atoms with Gasteiger partial charge in [0.2, 0.25) is 0 Å². The maximum absolute atomic E-state index is 12.8. The molecule has 1 aliphatic carbocycles. The van der Waals surface area contributed by atoms with E-state index in [1.54, 1.807) is 20.8 Å². The van der Waals surface area contributed by atoms with Gasteiger partial charge in [0.25, 0.3) is 0 Å². The summed E-state index contributed by atoms with van der Waals surface area (Å²) in [6, 6.07) is 6.73. The fraction of sp³-hybridized carbons (Fsp3) is 0.630. The molecule has 0 radical (unpaired) electrons. The van der Waals surface area contributed by atoms with Crippen molar-refractivity contribution in [1.29, 1.82) is 0 Å². The van der Waals surface area contributed by atoms with Crippen molar-refractivity contribution in [1.82, 2.24) is 5.32 Å². The molecular formula is C27H38BNO6. The summed E-state index contributed by atoms with van der Waals surface area (Å²) in [7, 11) is -0.435. The Kier molecular flexibility index (Phi) is 8.23. The molecule has 1 aromatic rings. The minimum Gasteiger partial charge on any atom is -0.461 e. The summed E-state index contributed by atoms with van der Waals surface area (Å²) in [5, 5.41) is 2.62. The lowest BCUT2D eigenvalue weighted by atomic mass is 9.79. The number of benzene rings is 1. The zero-order chi connectivity index (χ0) is 25.9. The van der Waals surface area contributed by atoms with Crippen molar-refractivity contribution in [3.63, 3.8) is 0 Å². The predicted octanol–water partition coefficient (Wildman–Crippen LogP) is 4.11. The van der Waals surface area contributed by atoms with Crippen molar-refractivity contribution in [2.75, 3.05) is 0 Å². The van der Waals surface area contributed by atoms with Gasteiger partial charge in [0.1, 0.15) is 17.7 Å². The number of ether oxygens (including phenoxy) is 2. The molecule has 2 aliphatic rings. The van der Waals surface area contributed by atoms with Gasteiger partial charge in [-0.2, -0.15) is 0 Å². The first-order chi connectivity index (χ1) is 16.3. The van der Waals surface area contributed by atoms with Crippen LogP contribution >= 0.6 is 0 Å². The van der Waals surface area contributed by atoms with Crippen LogP contribution in [0.3, 0.4) is 0 Å². The summed E-state index contributed by atoms with van der Waals surface area (Å²) in [5.41, 5.74) is 0.220. The molecule has 1 aromatic carbocycles. The van der Waals surface area contributed by atoms with Gasteiger partial charge in [-0.3, -0.25) is 0 Å². The van der Waals surface area contributed by atoms with E-state index in [0.29, 0.717) is 0 Å². The van der Waals surface area contributed by atoms with Crippen LogP contribution in [-0.4, -0.2) is 48.1 Å². The Hall–Kier alpha value is -2.50. The Labute approximate surface area is 209 Å². The largest absolute Gasteiger partial charge is 0.494 e. The molecule has 0 spiro atoms. The number of alkyl carbamates (subject to hydrolysis) is 1. The zero-order valence-corrected chi connectivity index (χ0v) is 22.0. The second-order valence-electron chi connectivity index (χ2n) is 11.3. The van der Waals surface area contributed by atoms with Gasteiger partial charge in [0.15, 0.2) is 0 Å². The van der Waals surface area contributed by atoms with Crippen LogP contribution in [0.5, 0.6) is 0 Å². The highest BCUT2D eigenvalue weighted by molar-refractivity contribution is 6.62. The third-order valence-corrected chi connectivity index (χ3v) is 6.54. The van der Waals surface area contributed by atoms with Gasteiger partial charge < -0.3 is 24.1 Å². The molecule has 7 nitrogen and oxygen atoms in total. The summed E-state index contributed by atoms with van der Waals surface area (Å²) in [6.07, 6.45) is 3.15. The number of nitrogens with one attached hydrogen (secondary N) is 1. The third kappa shape index (κ3) is 7.49. The van der Waals surface area contributed by atoms with Gasteiger partial charge in [0.05, 0.1) is 11.2 Å². The van der Waals surface area contributed by atoms with Gasteiger partial charge in [-0.05, 0) is 91.7 Å². The van der Waals surface area contributed by atoms with E-state index in [0.717, 1.165) is 36.7 Å². The molecule has 1 amide bonds. The topological polar surface area (TPSA) is 83.1 Å². The molecule has 2 fully saturated rings. The number of esters is 1. The van der Waals surface area contributed by atoms with Crippen LogP contribution < -0.4 is 10.8 Å². The molecule has 1 saturated carbocycles. The number of carbonyl (C=O) groups excluding carboxylic acids is 2. The van der Waals surface area contributed by atoms with E-state index in [1.165, 1.54) is 0 Å². The molecule has 1 aliphatic heterocycles. The second-order valence-corrected chi connectivity index (χ2v) is 11.3. The first-order valence-corrected chi connectivity index (χ1v) is 12.4. The van der Waals surface area contributed by atoms with Crippen LogP contribution in [0.4, 0.5) is 4.79 Å². The second kappa shape index (κ2) is 10.6. The molecule has 1 saturated heterocycles. The van der Waals surface area contributed by atoms with E-state index in [1.807, 2.05) is 52.0 Å². The summed E-state index contributed by atoms with van der Waals surface area (Å²) in [5.74, 6) is 5.59. The van der Waals surface area contributed by atoms with Crippen LogP contribution in [0.1, 0.15) is 86.1 Å². The van der Waals surface area contributed by atoms with Crippen LogP contribution in [0.2, 0.25) is 0 Å². The Morgan fingerprint density at radius 1 is 1.09 bits per heavy atom. The lowest BCUT2D eigenvalue weighted by Crippen LogP contribution is -2.44. The molecule has 1 N–H and O–H groups in total. The van der Waals surface area contributed by atoms with E-state index in [9.17, 15) is 9.59 Å². The highest BCUT2D eigenvalue weighted by Gasteiger charge is 2.51. The first-order valence-electron chi connectivity index (χ1n) is 12.4. The highest BCUT2D eigenvalue weighted by atomic mass is 16.7. The summed E-state index contributed by atoms with van der Waals surface area (Å²) >= 11 is 0. The van der Waals surface area contributed by atoms with E-state index < -0.39 is 42.0 Å². The Morgan fingerprint density at radius 3 is 2.20 bits per heavy atom. The fourth-order valence-electron chi connectivity index (χ4n) is 3.85. The quantitative estimate of drug-likeness (QED) is 0.386. The van der Waals surface area contributed by atoms with Crippen molar-refractivity contribution in [3.05, 3.63) is 29.8 Å². The van der Waals surface area contributed by atoms with E-state index in [-0.39, 0.29) is 12.5 Å². The summed E-state index contributed by atoms with van der Waals surface area (Å²) < 4.78 is 23.1. The van der Waals surface area contributed by atoms with Crippen molar-refractivity contribution < 1.29 is 28.4 Å². The number of carbonyl (C=O) groups is 2. The molecule has 190 valence electrons. The molecular weight excluding hydrogens is 445 g/mol. The van der Waals surface area contributed by atoms with Crippen LogP contribution in [-0.2, 0) is 23.6 Å². The maximum atomic E-state index is 12.8. The monoisotopic (exact) mass is 483 g/mol. The number of rotatable bonds is 5. The summed E-state index contributed by atoms with van der Waals surface area (Å²) in [6.45, 7) is 13.4. The zero-order valence-electron chi connectivity index (χ0n) is 22.0. The molecule has 8 heteroatoms. The standard InChI is InChI=1S/C27H38BNO6/c1-25(2,3)33-24(31)29-22(23(30)32-21-12-8-9-13-21)14-10-11-19-15-17-20(18-16-19)28-34-26(4,5)27(6,7)35-28/h15-18,21-22H,8-9,12-14H2,1-7H3,(H,29,31)/t22-/m0/s1. The maximum Gasteiger partial charge on any atom is 0.494 e. The van der Waals surface area contributed by atoms with E-state index in [4.69, 9.17) is 18.8 Å². The van der Waals surface area contributed by atoms with Gasteiger partial charge in [-0.1, -0.05) is 24.0 Å². The average Bonchev–Trinajstić information content (AvgIpc) is 3.31. The van der Waals surface area contributed by atoms with Crippen LogP contribution in [0, 0.1) is 11.8 Å². The van der Waals surface area contributed by atoms with Gasteiger partial charge in [0, 0.05) is 12.0 Å². The molecule has 35 heavy (non-hydrogen) atoms. The average molecular weight is 483 g/mol. The minimum absolute atomic E-state index is 0.0964. The van der Waals surface area contributed by atoms with Gasteiger partial charge >= 0.3 is 19.2 Å². The Morgan fingerprint density at radius 2 is 1.66 bits per heavy atom. The van der Waals surface area contributed by atoms with Gasteiger partial charge in [-0.15, -0.1) is 0 Å². The molecule has 0 bridgehead atoms. The van der Waals surface area contributed by atoms with Crippen LogP contribution in [0.15, 0.2) is 24.3 Å². The number of amides is 1. The molecule has 0 aromatic heterocycles. The van der Waals surface area contributed by atoms with Crippen molar-refractivity contribution >= 4 is 24.6 Å². The minimum atomic E-state index is -0.901. The highest BCUT2D eigenvalue weighted by Crippen LogP contribution is 2.36.